The number of rotatable bonds is 0. The Balaban J connectivity index is -0.00000000167. The summed E-state index contributed by atoms with van der Waals surface area (Å²) in [5.74, 6) is 0. The molecule has 0 spiro atoms. The van der Waals surface area contributed by atoms with Crippen LogP contribution >= 0.6 is 12.4 Å². The molecule has 0 aromatic carbocycles. The van der Waals surface area contributed by atoms with Crippen molar-refractivity contribution < 1.29 is 21.3 Å². The zero-order valence-corrected chi connectivity index (χ0v) is 3.64. The van der Waals surface area contributed by atoms with Crippen molar-refractivity contribution >= 4 is 48.8 Å². The van der Waals surface area contributed by atoms with Crippen LogP contribution in [-0.4, -0.2) is 36.3 Å². The summed E-state index contributed by atoms with van der Waals surface area (Å²) in [5.41, 5.74) is 0. The monoisotopic (exact) mass is 148 g/mol. The van der Waals surface area contributed by atoms with Crippen LogP contribution in [0.25, 0.3) is 0 Å². The van der Waals surface area contributed by atoms with E-state index in [-0.39, 0.29) is 58.5 Å². The average molecular weight is 149 g/mol. The molecule has 0 aromatic rings. The summed E-state index contributed by atoms with van der Waals surface area (Å²) in [5, 5.41) is 0. The Morgan fingerprint density at radius 1 is 1.20 bits per heavy atom. The van der Waals surface area contributed by atoms with E-state index in [1.807, 2.05) is 6.79 Å². The van der Waals surface area contributed by atoms with Gasteiger partial charge in [0.1, 0.15) is 6.79 Å². The molecule has 0 radical (unpaired) electrons. The normalized spacial score (nSPS) is 0.800. The zero-order chi connectivity index (χ0) is 2.00. The van der Waals surface area contributed by atoms with Crippen LogP contribution in [0.4, 0.5) is 0 Å². The summed E-state index contributed by atoms with van der Waals surface area (Å²) in [6, 6.07) is 0. The molecule has 0 saturated carbocycles. The van der Waals surface area contributed by atoms with E-state index in [1.165, 1.54) is 0 Å². The van der Waals surface area contributed by atoms with Gasteiger partial charge in [-0.1, -0.05) is 0 Å². The van der Waals surface area contributed by atoms with Crippen LogP contribution in [0.3, 0.4) is 0 Å². The number of hydrogen-bond acceptors (Lipinski definition) is 1. The zero-order valence-electron chi connectivity index (χ0n) is 1.84. The maximum absolute atomic E-state index is 8.00. The van der Waals surface area contributed by atoms with E-state index in [0.717, 1.165) is 0 Å². The van der Waals surface area contributed by atoms with E-state index in [0.29, 0.717) is 0 Å². The van der Waals surface area contributed by atoms with E-state index in [4.69, 9.17) is 4.79 Å². The molecule has 0 unspecified atom stereocenters. The molecule has 0 atom stereocenters. The van der Waals surface area contributed by atoms with Gasteiger partial charge in [-0.3, -0.25) is 0 Å². The minimum atomic E-state index is 0. The fourth-order valence-electron chi connectivity index (χ4n) is 0. The second-order valence-electron chi connectivity index (χ2n) is 0. The molecule has 1 nitrogen and oxygen atoms in total. The van der Waals surface area contributed by atoms with Crippen molar-refractivity contribution in [3.8, 4) is 0 Å². The topological polar surface area (TPSA) is 17.1 Å². The third-order valence-electron chi connectivity index (χ3n) is 0. The van der Waals surface area contributed by atoms with Gasteiger partial charge in [0.2, 0.25) is 0 Å². The van der Waals surface area contributed by atoms with Crippen LogP contribution in [-0.2, 0) is 21.3 Å². The van der Waals surface area contributed by atoms with E-state index in [9.17, 15) is 0 Å². The molecular formula is CH4ClNaNiO. The van der Waals surface area contributed by atoms with Crippen LogP contribution < -0.4 is 0 Å². The van der Waals surface area contributed by atoms with E-state index >= 15 is 0 Å². The molecule has 32 valence electrons. The van der Waals surface area contributed by atoms with Crippen molar-refractivity contribution in [3.05, 3.63) is 0 Å². The Hall–Kier alpha value is 1.45. The first-order chi connectivity index (χ1) is 1.00. The van der Waals surface area contributed by atoms with Gasteiger partial charge in [0, 0.05) is 16.5 Å². The third kappa shape index (κ3) is 30.8. The van der Waals surface area contributed by atoms with Gasteiger partial charge in [-0.2, -0.15) is 0 Å². The number of carbonyl (C=O) groups is 1. The summed E-state index contributed by atoms with van der Waals surface area (Å²) in [6.07, 6.45) is 0. The third-order valence-corrected chi connectivity index (χ3v) is 0. The molecule has 0 bridgehead atoms. The van der Waals surface area contributed by atoms with Crippen LogP contribution in [0, 0.1) is 0 Å². The molecule has 0 N–H and O–H groups in total. The van der Waals surface area contributed by atoms with Crippen molar-refractivity contribution in [2.75, 3.05) is 0 Å². The van der Waals surface area contributed by atoms with Crippen LogP contribution in [0.1, 0.15) is 0 Å². The second kappa shape index (κ2) is 51.2. The molecule has 0 aromatic heterocycles. The maximum Gasteiger partial charge on any atom is 0 e. The summed E-state index contributed by atoms with van der Waals surface area (Å²) in [4.78, 5) is 8.00. The van der Waals surface area contributed by atoms with Crippen molar-refractivity contribution in [3.63, 3.8) is 0 Å². The SMILES string of the molecule is C=O.Cl.[NaH].[Ni]. The molecular weight excluding hydrogens is 145 g/mol. The Morgan fingerprint density at radius 2 is 1.20 bits per heavy atom. The van der Waals surface area contributed by atoms with E-state index < -0.39 is 0 Å². The van der Waals surface area contributed by atoms with E-state index in [2.05, 4.69) is 0 Å². The van der Waals surface area contributed by atoms with Gasteiger partial charge in [0.15, 0.2) is 0 Å². The molecule has 0 aliphatic heterocycles. The van der Waals surface area contributed by atoms with Crippen molar-refractivity contribution in [2.45, 2.75) is 0 Å². The Bertz CT molecular complexity index is 11.6. The van der Waals surface area contributed by atoms with Gasteiger partial charge in [0.25, 0.3) is 0 Å². The number of carbonyl (C=O) groups excluding carboxylic acids is 1. The quantitative estimate of drug-likeness (QED) is 0.428. The van der Waals surface area contributed by atoms with Crippen molar-refractivity contribution in [1.82, 2.24) is 0 Å². The largest absolute Gasteiger partial charge is 0 e. The van der Waals surface area contributed by atoms with Gasteiger partial charge in [-0.15, -0.1) is 12.4 Å². The molecule has 0 heterocycles. The number of halogens is 1. The smallest absolute Gasteiger partial charge is 0 e. The molecule has 0 amide bonds. The molecule has 5 heavy (non-hydrogen) atoms. The van der Waals surface area contributed by atoms with Gasteiger partial charge in [-0.05, 0) is 0 Å². The molecule has 0 aliphatic carbocycles. The molecule has 4 heteroatoms. The molecule has 0 aliphatic rings. The summed E-state index contributed by atoms with van der Waals surface area (Å²) >= 11 is 0. The van der Waals surface area contributed by atoms with Gasteiger partial charge in [0.05, 0.1) is 0 Å². The van der Waals surface area contributed by atoms with Gasteiger partial charge in [-0.25, -0.2) is 0 Å². The second-order valence-corrected chi connectivity index (χ2v) is 0. The summed E-state index contributed by atoms with van der Waals surface area (Å²) < 4.78 is 0. The average Bonchev–Trinajstić information content (AvgIpc) is 1.00. The fraction of sp³-hybridized carbons (Fsp3) is 0. The van der Waals surface area contributed by atoms with Crippen LogP contribution in [0.5, 0.6) is 0 Å². The fourth-order valence-corrected chi connectivity index (χ4v) is 0. The molecule has 0 rings (SSSR count). The van der Waals surface area contributed by atoms with Gasteiger partial charge >= 0.3 is 29.6 Å². The first kappa shape index (κ1) is 31.9. The first-order valence-electron chi connectivity index (χ1n) is 0.289. The van der Waals surface area contributed by atoms with Crippen LogP contribution in [0.2, 0.25) is 0 Å². The van der Waals surface area contributed by atoms with Gasteiger partial charge < -0.3 is 4.79 Å². The minimum absolute atomic E-state index is 0. The Morgan fingerprint density at radius 3 is 1.20 bits per heavy atom. The predicted molar refractivity (Wildman–Crippen MR) is 21.5 cm³/mol. The van der Waals surface area contributed by atoms with Crippen molar-refractivity contribution in [1.29, 1.82) is 0 Å². The molecule has 0 saturated heterocycles. The maximum atomic E-state index is 8.00. The Labute approximate surface area is 69.5 Å². The van der Waals surface area contributed by atoms with Crippen LogP contribution in [0.15, 0.2) is 0 Å². The number of hydrogen-bond donors (Lipinski definition) is 0. The molecule has 0 fully saturated rings. The summed E-state index contributed by atoms with van der Waals surface area (Å²) in [6.45, 7) is 2.00. The van der Waals surface area contributed by atoms with Crippen molar-refractivity contribution in [2.24, 2.45) is 0 Å². The standard InChI is InChI=1S/CH2O.ClH.Na.Ni.H/c1-2;;;;/h1H2;1H;;;. The predicted octanol–water partition coefficient (Wildman–Crippen LogP) is -0.414. The Kier molecular flexibility index (Phi) is 326. The summed E-state index contributed by atoms with van der Waals surface area (Å²) in [7, 11) is 0. The minimum Gasteiger partial charge on any atom is 0 e. The van der Waals surface area contributed by atoms with E-state index in [1.54, 1.807) is 0 Å². The first-order valence-corrected chi connectivity index (χ1v) is 0.289.